The molecule has 0 saturated carbocycles. The van der Waals surface area contributed by atoms with Gasteiger partial charge in [0.25, 0.3) is 5.91 Å². The summed E-state index contributed by atoms with van der Waals surface area (Å²) in [5.41, 5.74) is 8.14. The van der Waals surface area contributed by atoms with E-state index in [1.165, 1.54) is 0 Å². The van der Waals surface area contributed by atoms with Crippen LogP contribution in [0.5, 0.6) is 0 Å². The highest BCUT2D eigenvalue weighted by molar-refractivity contribution is 6.05. The van der Waals surface area contributed by atoms with Gasteiger partial charge in [-0.25, -0.2) is 0 Å². The van der Waals surface area contributed by atoms with Gasteiger partial charge in [-0.15, -0.1) is 0 Å². The molecule has 3 heterocycles. The number of nitrogens with two attached hydrogens (primary N) is 1. The van der Waals surface area contributed by atoms with Gasteiger partial charge in [-0.2, -0.15) is 0 Å². The van der Waals surface area contributed by atoms with Crippen LogP contribution >= 0.6 is 0 Å². The Morgan fingerprint density at radius 1 is 1.30 bits per heavy atom. The Labute approximate surface area is 157 Å². The molecule has 2 saturated heterocycles. The van der Waals surface area contributed by atoms with E-state index in [0.29, 0.717) is 25.1 Å². The van der Waals surface area contributed by atoms with Gasteiger partial charge in [-0.05, 0) is 23.6 Å². The van der Waals surface area contributed by atoms with Crippen molar-refractivity contribution in [2.45, 2.75) is 37.6 Å². The molecule has 0 aromatic heterocycles. The number of likely N-dealkylation sites (tertiary alicyclic amines) is 1. The largest absolute Gasteiger partial charge is 0.374 e. The number of nitrogens with one attached hydrogen (secondary N) is 1. The number of hydrogen-bond donors (Lipinski definition) is 2. The smallest absolute Gasteiger partial charge is 0.255 e. The normalized spacial score (nSPS) is 24.6. The van der Waals surface area contributed by atoms with Gasteiger partial charge in [-0.3, -0.25) is 24.6 Å². The Bertz CT molecular complexity index is 797. The van der Waals surface area contributed by atoms with Crippen LogP contribution in [0.15, 0.2) is 18.2 Å². The lowest BCUT2D eigenvalue weighted by Gasteiger charge is -2.48. The number of rotatable bonds is 5. The SMILES string of the molecule is COC1(CN)CN(Cc2ccc3c(c2)C(=O)N(C2CCC(=O)NC2=O)C3)C1. The lowest BCUT2D eigenvalue weighted by atomic mass is 9.93. The highest BCUT2D eigenvalue weighted by Gasteiger charge is 2.42. The number of piperidine rings is 1. The lowest BCUT2D eigenvalue weighted by molar-refractivity contribution is -0.136. The zero-order valence-corrected chi connectivity index (χ0v) is 15.4. The number of fused-ring (bicyclic) bond motifs is 1. The van der Waals surface area contributed by atoms with Crippen molar-refractivity contribution >= 4 is 17.7 Å². The molecule has 3 aliphatic rings. The van der Waals surface area contributed by atoms with Gasteiger partial charge in [0, 0.05) is 51.8 Å². The van der Waals surface area contributed by atoms with Gasteiger partial charge in [-0.1, -0.05) is 12.1 Å². The standard InChI is InChI=1S/C19H24N4O4/c1-27-19(9-20)10-22(11-19)7-12-2-3-13-8-23(18(26)14(13)6-12)15-4-5-16(24)21-17(15)25/h2-3,6,15H,4-5,7-11,20H2,1H3,(H,21,24,25). The number of nitrogens with zero attached hydrogens (tertiary/aromatic N) is 2. The third-order valence-corrected chi connectivity index (χ3v) is 5.83. The topological polar surface area (TPSA) is 105 Å². The molecule has 8 nitrogen and oxygen atoms in total. The van der Waals surface area contributed by atoms with E-state index in [0.717, 1.165) is 30.8 Å². The quantitative estimate of drug-likeness (QED) is 0.682. The Kier molecular flexibility index (Phi) is 4.49. The van der Waals surface area contributed by atoms with Crippen LogP contribution in [-0.4, -0.2) is 65.9 Å². The number of methoxy groups -OCH3 is 1. The number of benzene rings is 1. The zero-order chi connectivity index (χ0) is 19.2. The maximum atomic E-state index is 12.9. The van der Waals surface area contributed by atoms with Crippen LogP contribution in [0.3, 0.4) is 0 Å². The van der Waals surface area contributed by atoms with Crippen molar-refractivity contribution in [2.24, 2.45) is 5.73 Å². The van der Waals surface area contributed by atoms with Gasteiger partial charge in [0.1, 0.15) is 11.6 Å². The molecule has 2 fully saturated rings. The van der Waals surface area contributed by atoms with Crippen LogP contribution in [-0.2, 0) is 27.4 Å². The van der Waals surface area contributed by atoms with E-state index in [2.05, 4.69) is 10.2 Å². The Balaban J connectivity index is 1.44. The van der Waals surface area contributed by atoms with Gasteiger partial charge < -0.3 is 15.4 Å². The highest BCUT2D eigenvalue weighted by atomic mass is 16.5. The van der Waals surface area contributed by atoms with Crippen LogP contribution in [0.4, 0.5) is 0 Å². The molecule has 0 spiro atoms. The van der Waals surface area contributed by atoms with E-state index in [1.807, 2.05) is 18.2 Å². The van der Waals surface area contributed by atoms with E-state index in [-0.39, 0.29) is 29.7 Å². The van der Waals surface area contributed by atoms with Crippen LogP contribution in [0, 0.1) is 0 Å². The summed E-state index contributed by atoms with van der Waals surface area (Å²) in [6, 6.07) is 5.32. The first-order valence-electron chi connectivity index (χ1n) is 9.19. The van der Waals surface area contributed by atoms with Crippen molar-refractivity contribution in [3.05, 3.63) is 34.9 Å². The second-order valence-electron chi connectivity index (χ2n) is 7.63. The molecule has 1 atom stereocenters. The fourth-order valence-electron chi connectivity index (χ4n) is 4.18. The summed E-state index contributed by atoms with van der Waals surface area (Å²) < 4.78 is 5.49. The zero-order valence-electron chi connectivity index (χ0n) is 15.4. The van der Waals surface area contributed by atoms with Gasteiger partial charge in [0.05, 0.1) is 0 Å². The summed E-state index contributed by atoms with van der Waals surface area (Å²) in [5, 5.41) is 2.32. The second kappa shape index (κ2) is 6.70. The minimum absolute atomic E-state index is 0.141. The van der Waals surface area contributed by atoms with Crippen molar-refractivity contribution in [1.29, 1.82) is 0 Å². The van der Waals surface area contributed by atoms with Crippen molar-refractivity contribution in [1.82, 2.24) is 15.1 Å². The summed E-state index contributed by atoms with van der Waals surface area (Å²) >= 11 is 0. The van der Waals surface area contributed by atoms with Gasteiger partial charge >= 0.3 is 0 Å². The molecule has 3 N–H and O–H groups in total. The molecule has 8 heteroatoms. The number of amides is 3. The minimum atomic E-state index is -0.576. The number of ether oxygens (including phenoxy) is 1. The molecule has 1 aromatic carbocycles. The molecule has 1 unspecified atom stereocenters. The Morgan fingerprint density at radius 3 is 2.74 bits per heavy atom. The molecule has 3 aliphatic heterocycles. The first-order chi connectivity index (χ1) is 12.9. The summed E-state index contributed by atoms with van der Waals surface area (Å²) in [7, 11) is 1.68. The molecule has 27 heavy (non-hydrogen) atoms. The van der Waals surface area contributed by atoms with Crippen molar-refractivity contribution in [3.63, 3.8) is 0 Å². The molecule has 4 rings (SSSR count). The van der Waals surface area contributed by atoms with Crippen LogP contribution in [0.25, 0.3) is 0 Å². The first kappa shape index (κ1) is 18.1. The lowest BCUT2D eigenvalue weighted by Crippen LogP contribution is -2.65. The third kappa shape index (κ3) is 3.13. The molecular formula is C19H24N4O4. The average Bonchev–Trinajstić information content (AvgIpc) is 2.94. The van der Waals surface area contributed by atoms with E-state index in [1.54, 1.807) is 12.0 Å². The average molecular weight is 372 g/mol. The molecule has 0 bridgehead atoms. The molecular weight excluding hydrogens is 348 g/mol. The van der Waals surface area contributed by atoms with Crippen molar-refractivity contribution < 1.29 is 19.1 Å². The van der Waals surface area contributed by atoms with E-state index in [9.17, 15) is 14.4 Å². The van der Waals surface area contributed by atoms with Crippen molar-refractivity contribution in [3.8, 4) is 0 Å². The van der Waals surface area contributed by atoms with Crippen LogP contribution < -0.4 is 11.1 Å². The summed E-state index contributed by atoms with van der Waals surface area (Å²) in [6.45, 7) is 3.17. The molecule has 0 aliphatic carbocycles. The van der Waals surface area contributed by atoms with Crippen LogP contribution in [0.2, 0.25) is 0 Å². The fourth-order valence-corrected chi connectivity index (χ4v) is 4.18. The van der Waals surface area contributed by atoms with Crippen LogP contribution in [0.1, 0.15) is 34.3 Å². The predicted molar refractivity (Wildman–Crippen MR) is 96.6 cm³/mol. The number of imide groups is 1. The van der Waals surface area contributed by atoms with E-state index < -0.39 is 6.04 Å². The Hall–Kier alpha value is -2.29. The second-order valence-corrected chi connectivity index (χ2v) is 7.63. The fraction of sp³-hybridized carbons (Fsp3) is 0.526. The van der Waals surface area contributed by atoms with E-state index >= 15 is 0 Å². The van der Waals surface area contributed by atoms with E-state index in [4.69, 9.17) is 10.5 Å². The third-order valence-electron chi connectivity index (χ3n) is 5.83. The maximum absolute atomic E-state index is 12.9. The first-order valence-corrected chi connectivity index (χ1v) is 9.19. The summed E-state index contributed by atoms with van der Waals surface area (Å²) in [6.07, 6.45) is 0.641. The summed E-state index contributed by atoms with van der Waals surface area (Å²) in [4.78, 5) is 40.1. The number of hydrogen-bond acceptors (Lipinski definition) is 6. The monoisotopic (exact) mass is 372 g/mol. The molecule has 3 amide bonds. The number of carbonyl (C=O) groups excluding carboxylic acids is 3. The summed E-state index contributed by atoms with van der Waals surface area (Å²) in [5.74, 6) is -0.800. The van der Waals surface area contributed by atoms with Crippen molar-refractivity contribution in [2.75, 3.05) is 26.7 Å². The minimum Gasteiger partial charge on any atom is -0.374 e. The predicted octanol–water partition coefficient (Wildman–Crippen LogP) is -0.393. The number of carbonyl (C=O) groups is 3. The molecule has 1 aromatic rings. The highest BCUT2D eigenvalue weighted by Crippen LogP contribution is 2.30. The molecule has 0 radical (unpaired) electrons. The Morgan fingerprint density at radius 2 is 2.07 bits per heavy atom. The van der Waals surface area contributed by atoms with Gasteiger partial charge in [0.2, 0.25) is 11.8 Å². The van der Waals surface area contributed by atoms with Gasteiger partial charge in [0.15, 0.2) is 0 Å². The maximum Gasteiger partial charge on any atom is 0.255 e. The molecule has 144 valence electrons.